The molecule has 7 nitrogen and oxygen atoms in total. The third-order valence-electron chi connectivity index (χ3n) is 4.90. The lowest BCUT2D eigenvalue weighted by atomic mass is 10.1. The molecule has 28 heavy (non-hydrogen) atoms. The average Bonchev–Trinajstić information content (AvgIpc) is 3.20. The second-order valence-electron chi connectivity index (χ2n) is 7.69. The lowest BCUT2D eigenvalue weighted by molar-refractivity contribution is -0.152. The van der Waals surface area contributed by atoms with Gasteiger partial charge in [-0.3, -0.25) is 9.59 Å². The Labute approximate surface area is 165 Å². The van der Waals surface area contributed by atoms with Gasteiger partial charge in [0.05, 0.1) is 17.9 Å². The highest BCUT2D eigenvalue weighted by atomic mass is 32.2. The number of rotatable bonds is 7. The van der Waals surface area contributed by atoms with Crippen LogP contribution in [0, 0.1) is 5.92 Å². The van der Waals surface area contributed by atoms with Crippen molar-refractivity contribution in [2.75, 3.05) is 24.7 Å². The lowest BCUT2D eigenvalue weighted by Crippen LogP contribution is -2.45. The number of hydrogen-bond donors (Lipinski definition) is 1. The zero-order valence-corrected chi connectivity index (χ0v) is 17.0. The molecule has 8 heteroatoms. The maximum atomic E-state index is 12.6. The Hall–Kier alpha value is -2.35. The maximum absolute atomic E-state index is 12.6. The molecule has 0 unspecified atom stereocenters. The van der Waals surface area contributed by atoms with Gasteiger partial charge in [0.2, 0.25) is 0 Å². The summed E-state index contributed by atoms with van der Waals surface area (Å²) >= 11 is 0. The van der Waals surface area contributed by atoms with Crippen molar-refractivity contribution in [3.05, 3.63) is 36.0 Å². The first-order valence-electron chi connectivity index (χ1n) is 9.45. The van der Waals surface area contributed by atoms with Gasteiger partial charge in [0.1, 0.15) is 0 Å². The van der Waals surface area contributed by atoms with Crippen LogP contribution in [0.5, 0.6) is 0 Å². The minimum absolute atomic E-state index is 0.0191. The summed E-state index contributed by atoms with van der Waals surface area (Å²) in [5, 5.41) is 0.948. The number of amides is 1. The molecule has 0 spiro atoms. The SMILES string of the molecule is CC(C)CN(C(=O)COC(=O)Cc1c[nH]c2ccccc12)[C@@H]1CCS(=O)(=O)C1. The molecule has 1 N–H and O–H groups in total. The van der Waals surface area contributed by atoms with Crippen molar-refractivity contribution < 1.29 is 22.7 Å². The van der Waals surface area contributed by atoms with E-state index in [1.807, 2.05) is 38.1 Å². The van der Waals surface area contributed by atoms with Crippen LogP contribution >= 0.6 is 0 Å². The smallest absolute Gasteiger partial charge is 0.310 e. The van der Waals surface area contributed by atoms with E-state index in [2.05, 4.69) is 4.98 Å². The van der Waals surface area contributed by atoms with Crippen LogP contribution in [0.15, 0.2) is 30.5 Å². The molecule has 3 rings (SSSR count). The van der Waals surface area contributed by atoms with Crippen molar-refractivity contribution in [3.8, 4) is 0 Å². The summed E-state index contributed by atoms with van der Waals surface area (Å²) in [4.78, 5) is 29.5. The predicted octanol–water partition coefficient (Wildman–Crippen LogP) is 1.93. The van der Waals surface area contributed by atoms with Crippen LogP contribution in [0.1, 0.15) is 25.8 Å². The summed E-state index contributed by atoms with van der Waals surface area (Å²) in [5.41, 5.74) is 1.75. The van der Waals surface area contributed by atoms with Gasteiger partial charge in [0.15, 0.2) is 16.4 Å². The first kappa shape index (κ1) is 20.4. The number of carbonyl (C=O) groups excluding carboxylic acids is 2. The second-order valence-corrected chi connectivity index (χ2v) is 9.92. The zero-order chi connectivity index (χ0) is 20.3. The van der Waals surface area contributed by atoms with E-state index in [-0.39, 0.29) is 42.4 Å². The average molecular weight is 407 g/mol. The Morgan fingerprint density at radius 1 is 1.29 bits per heavy atom. The zero-order valence-electron chi connectivity index (χ0n) is 16.2. The van der Waals surface area contributed by atoms with Crippen molar-refractivity contribution in [3.63, 3.8) is 0 Å². The van der Waals surface area contributed by atoms with Gasteiger partial charge in [0.25, 0.3) is 5.91 Å². The monoisotopic (exact) mass is 406 g/mol. The molecule has 2 heterocycles. The Morgan fingerprint density at radius 2 is 2.04 bits per heavy atom. The molecule has 1 saturated heterocycles. The molecule has 0 saturated carbocycles. The van der Waals surface area contributed by atoms with Crippen LogP contribution < -0.4 is 0 Å². The van der Waals surface area contributed by atoms with Gasteiger partial charge in [-0.15, -0.1) is 0 Å². The molecular formula is C20H26N2O5S. The minimum atomic E-state index is -3.10. The quantitative estimate of drug-likeness (QED) is 0.709. The van der Waals surface area contributed by atoms with E-state index in [1.165, 1.54) is 0 Å². The highest BCUT2D eigenvalue weighted by Crippen LogP contribution is 2.20. The van der Waals surface area contributed by atoms with E-state index >= 15 is 0 Å². The number of sulfone groups is 1. The van der Waals surface area contributed by atoms with E-state index in [0.717, 1.165) is 16.5 Å². The van der Waals surface area contributed by atoms with E-state index in [9.17, 15) is 18.0 Å². The fourth-order valence-electron chi connectivity index (χ4n) is 3.58. The maximum Gasteiger partial charge on any atom is 0.310 e. The summed E-state index contributed by atoms with van der Waals surface area (Å²) in [7, 11) is -3.10. The number of hydrogen-bond acceptors (Lipinski definition) is 5. The lowest BCUT2D eigenvalue weighted by Gasteiger charge is -2.29. The van der Waals surface area contributed by atoms with Gasteiger partial charge in [-0.2, -0.15) is 0 Å². The minimum Gasteiger partial charge on any atom is -0.455 e. The van der Waals surface area contributed by atoms with E-state index in [4.69, 9.17) is 4.74 Å². The molecular weight excluding hydrogens is 380 g/mol. The number of nitrogens with zero attached hydrogens (tertiary/aromatic N) is 1. The number of fused-ring (bicyclic) bond motifs is 1. The van der Waals surface area contributed by atoms with E-state index in [1.54, 1.807) is 11.1 Å². The van der Waals surface area contributed by atoms with Crippen LogP contribution in [-0.2, 0) is 30.6 Å². The van der Waals surface area contributed by atoms with Gasteiger partial charge >= 0.3 is 5.97 Å². The summed E-state index contributed by atoms with van der Waals surface area (Å²) in [6, 6.07) is 7.31. The molecule has 0 radical (unpaired) electrons. The normalized spacial score (nSPS) is 18.5. The van der Waals surface area contributed by atoms with Crippen molar-refractivity contribution in [2.24, 2.45) is 5.92 Å². The molecule has 1 fully saturated rings. The fraction of sp³-hybridized carbons (Fsp3) is 0.500. The standard InChI is InChI=1S/C20H26N2O5S/c1-14(2)11-22(16-7-8-28(25,26)13-16)19(23)12-27-20(24)9-15-10-21-18-6-4-3-5-17(15)18/h3-6,10,14,16,21H,7-9,11-13H2,1-2H3/t16-/m1/s1. The highest BCUT2D eigenvalue weighted by molar-refractivity contribution is 7.91. The van der Waals surface area contributed by atoms with Gasteiger partial charge < -0.3 is 14.6 Å². The highest BCUT2D eigenvalue weighted by Gasteiger charge is 2.35. The first-order chi connectivity index (χ1) is 13.2. The van der Waals surface area contributed by atoms with Gasteiger partial charge in [0, 0.05) is 29.7 Å². The van der Waals surface area contributed by atoms with Gasteiger partial charge in [-0.05, 0) is 24.0 Å². The molecule has 2 aromatic rings. The van der Waals surface area contributed by atoms with Crippen molar-refractivity contribution >= 4 is 32.6 Å². The number of aromatic amines is 1. The molecule has 1 atom stereocenters. The Morgan fingerprint density at radius 3 is 2.71 bits per heavy atom. The number of aromatic nitrogens is 1. The Kier molecular flexibility index (Phi) is 6.07. The first-order valence-corrected chi connectivity index (χ1v) is 11.3. The van der Waals surface area contributed by atoms with Crippen molar-refractivity contribution in [1.29, 1.82) is 0 Å². The predicted molar refractivity (Wildman–Crippen MR) is 107 cm³/mol. The largest absolute Gasteiger partial charge is 0.455 e. The molecule has 1 amide bonds. The third kappa shape index (κ3) is 4.92. The fourth-order valence-corrected chi connectivity index (χ4v) is 5.31. The molecule has 1 aliphatic rings. The summed E-state index contributed by atoms with van der Waals surface area (Å²) in [6.45, 7) is 4.00. The number of para-hydroxylation sites is 1. The third-order valence-corrected chi connectivity index (χ3v) is 6.65. The van der Waals surface area contributed by atoms with E-state index in [0.29, 0.717) is 13.0 Å². The number of H-pyrrole nitrogens is 1. The summed E-state index contributed by atoms with van der Waals surface area (Å²) < 4.78 is 28.8. The summed E-state index contributed by atoms with van der Waals surface area (Å²) in [5.74, 6) is -0.562. The number of carbonyl (C=O) groups is 2. The van der Waals surface area contributed by atoms with Crippen LogP contribution in [0.25, 0.3) is 10.9 Å². The topological polar surface area (TPSA) is 96.5 Å². The molecule has 0 bridgehead atoms. The van der Waals surface area contributed by atoms with Crippen molar-refractivity contribution in [1.82, 2.24) is 9.88 Å². The van der Waals surface area contributed by atoms with Crippen LogP contribution in [-0.4, -0.2) is 60.9 Å². The molecule has 1 aromatic heterocycles. The Bertz CT molecular complexity index is 964. The van der Waals surface area contributed by atoms with Crippen LogP contribution in [0.4, 0.5) is 0 Å². The number of nitrogens with one attached hydrogen (secondary N) is 1. The van der Waals surface area contributed by atoms with Crippen molar-refractivity contribution in [2.45, 2.75) is 32.7 Å². The molecule has 0 aliphatic carbocycles. The Balaban J connectivity index is 1.59. The second kappa shape index (κ2) is 8.34. The van der Waals surface area contributed by atoms with Crippen LogP contribution in [0.2, 0.25) is 0 Å². The van der Waals surface area contributed by atoms with Crippen LogP contribution in [0.3, 0.4) is 0 Å². The summed E-state index contributed by atoms with van der Waals surface area (Å²) in [6.07, 6.45) is 2.27. The number of ether oxygens (including phenoxy) is 1. The molecule has 1 aliphatic heterocycles. The molecule has 152 valence electrons. The molecule has 1 aromatic carbocycles. The van der Waals surface area contributed by atoms with E-state index < -0.39 is 15.8 Å². The van der Waals surface area contributed by atoms with Gasteiger partial charge in [-0.1, -0.05) is 32.0 Å². The van der Waals surface area contributed by atoms with Gasteiger partial charge in [-0.25, -0.2) is 8.42 Å². The number of esters is 1. The number of benzene rings is 1.